The van der Waals surface area contributed by atoms with Gasteiger partial charge in [-0.15, -0.1) is 0 Å². The maximum Gasteiger partial charge on any atom is 0.320 e. The van der Waals surface area contributed by atoms with E-state index in [9.17, 15) is 19.2 Å². The summed E-state index contributed by atoms with van der Waals surface area (Å²) in [6.45, 7) is 1.11. The van der Waals surface area contributed by atoms with Crippen molar-refractivity contribution < 1.29 is 33.4 Å². The summed E-state index contributed by atoms with van der Waals surface area (Å²) < 4.78 is 16.4. The Bertz CT molecular complexity index is 1260. The van der Waals surface area contributed by atoms with Crippen LogP contribution in [0.25, 0.3) is 0 Å². The van der Waals surface area contributed by atoms with Crippen LogP contribution in [0.3, 0.4) is 0 Å². The highest BCUT2D eigenvalue weighted by atomic mass is 16.5. The monoisotopic (exact) mass is 523 g/mol. The number of methoxy groups -OCH3 is 2. The molecule has 12 nitrogen and oxygen atoms in total. The number of ether oxygens (including phenoxy) is 3. The van der Waals surface area contributed by atoms with E-state index >= 15 is 0 Å². The first kappa shape index (κ1) is 25.4. The molecule has 0 aliphatic carbocycles. The van der Waals surface area contributed by atoms with Crippen molar-refractivity contribution in [2.75, 3.05) is 27.4 Å². The maximum absolute atomic E-state index is 13.4. The molecule has 200 valence electrons. The van der Waals surface area contributed by atoms with E-state index in [-0.39, 0.29) is 60.9 Å². The second kappa shape index (κ2) is 10.6. The number of hydrogen-bond acceptors (Lipinski definition) is 9. The molecule has 2 atom stereocenters. The van der Waals surface area contributed by atoms with Crippen LogP contribution in [0.1, 0.15) is 58.5 Å². The van der Waals surface area contributed by atoms with Crippen LogP contribution >= 0.6 is 0 Å². The van der Waals surface area contributed by atoms with Crippen molar-refractivity contribution in [3.8, 4) is 17.6 Å². The molecule has 2 saturated heterocycles. The Morgan fingerprint density at radius 1 is 1.08 bits per heavy atom. The third-order valence-corrected chi connectivity index (χ3v) is 7.12. The highest BCUT2D eigenvalue weighted by molar-refractivity contribution is 6.05. The molecule has 3 aliphatic heterocycles. The highest BCUT2D eigenvalue weighted by Crippen LogP contribution is 2.31. The zero-order chi connectivity index (χ0) is 26.8. The van der Waals surface area contributed by atoms with Gasteiger partial charge in [-0.05, 0) is 49.4 Å². The van der Waals surface area contributed by atoms with Crippen LogP contribution in [0, 0.1) is 0 Å². The Hall–Kier alpha value is -4.22. The fraction of sp³-hybridized carbons (Fsp3) is 0.462. The number of imide groups is 1. The van der Waals surface area contributed by atoms with Gasteiger partial charge in [0.1, 0.15) is 24.1 Å². The minimum absolute atomic E-state index is 0.0524. The lowest BCUT2D eigenvalue weighted by Crippen LogP contribution is -2.52. The molecule has 1 aromatic carbocycles. The zero-order valence-corrected chi connectivity index (χ0v) is 21.3. The molecule has 1 aromatic heterocycles. The van der Waals surface area contributed by atoms with Gasteiger partial charge in [0.25, 0.3) is 11.8 Å². The number of fused-ring (bicyclic) bond motifs is 1. The second-order valence-electron chi connectivity index (χ2n) is 9.46. The Morgan fingerprint density at radius 2 is 1.92 bits per heavy atom. The number of hydrogen-bond donors (Lipinski definition) is 1. The molecule has 0 bridgehead atoms. The lowest BCUT2D eigenvalue weighted by atomic mass is 10.0. The predicted molar refractivity (Wildman–Crippen MR) is 132 cm³/mol. The van der Waals surface area contributed by atoms with Crippen LogP contribution in [-0.2, 0) is 16.1 Å². The van der Waals surface area contributed by atoms with Crippen LogP contribution in [0.2, 0.25) is 0 Å². The molecule has 12 heteroatoms. The van der Waals surface area contributed by atoms with Crippen molar-refractivity contribution in [1.29, 1.82) is 0 Å². The molecular weight excluding hydrogens is 494 g/mol. The van der Waals surface area contributed by atoms with Gasteiger partial charge in [-0.25, -0.2) is 0 Å². The average molecular weight is 524 g/mol. The summed E-state index contributed by atoms with van der Waals surface area (Å²) >= 11 is 0. The van der Waals surface area contributed by atoms with Gasteiger partial charge in [0, 0.05) is 31.1 Å². The SMILES string of the molecule is COc1cc(C(=O)N2CCCC[C@H]2COc2ccc3c(c2)CN(C2CCC(=O)NC2=O)C3=O)nc(OC)n1. The van der Waals surface area contributed by atoms with E-state index in [1.807, 2.05) is 0 Å². The number of carbonyl (C=O) groups is 4. The summed E-state index contributed by atoms with van der Waals surface area (Å²) in [7, 11) is 2.89. The number of benzene rings is 1. The number of carbonyl (C=O) groups excluding carboxylic acids is 4. The molecular formula is C26H29N5O7. The zero-order valence-electron chi connectivity index (χ0n) is 21.3. The molecule has 5 rings (SSSR count). The molecule has 0 spiro atoms. The molecule has 0 radical (unpaired) electrons. The van der Waals surface area contributed by atoms with Crippen LogP contribution in [0.4, 0.5) is 0 Å². The summed E-state index contributed by atoms with van der Waals surface area (Å²) in [6, 6.07) is 5.92. The number of nitrogens with one attached hydrogen (secondary N) is 1. The molecule has 4 heterocycles. The Morgan fingerprint density at radius 3 is 2.68 bits per heavy atom. The van der Waals surface area contributed by atoms with Gasteiger partial charge in [0.2, 0.25) is 17.7 Å². The van der Waals surface area contributed by atoms with Crippen molar-refractivity contribution in [3.05, 3.63) is 41.1 Å². The van der Waals surface area contributed by atoms with Crippen molar-refractivity contribution in [3.63, 3.8) is 0 Å². The fourth-order valence-electron chi connectivity index (χ4n) is 5.13. The van der Waals surface area contributed by atoms with Gasteiger partial charge in [-0.2, -0.15) is 9.97 Å². The van der Waals surface area contributed by atoms with E-state index in [1.54, 1.807) is 23.1 Å². The number of nitrogens with zero attached hydrogens (tertiary/aromatic N) is 4. The normalized spacial score (nSPS) is 21.2. The van der Waals surface area contributed by atoms with Crippen LogP contribution < -0.4 is 19.5 Å². The number of likely N-dealkylation sites (tertiary alicyclic amines) is 1. The lowest BCUT2D eigenvalue weighted by molar-refractivity contribution is -0.136. The van der Waals surface area contributed by atoms with Gasteiger partial charge in [-0.3, -0.25) is 24.5 Å². The second-order valence-corrected chi connectivity index (χ2v) is 9.46. The topological polar surface area (TPSA) is 140 Å². The van der Waals surface area contributed by atoms with Crippen molar-refractivity contribution >= 4 is 23.6 Å². The Labute approximate surface area is 219 Å². The quantitative estimate of drug-likeness (QED) is 0.532. The average Bonchev–Trinajstić information content (AvgIpc) is 3.26. The van der Waals surface area contributed by atoms with Crippen LogP contribution in [0.15, 0.2) is 24.3 Å². The van der Waals surface area contributed by atoms with Crippen molar-refractivity contribution in [1.82, 2.24) is 25.1 Å². The molecule has 1 N–H and O–H groups in total. The lowest BCUT2D eigenvalue weighted by Gasteiger charge is -2.35. The first-order valence-electron chi connectivity index (χ1n) is 12.6. The third-order valence-electron chi connectivity index (χ3n) is 7.12. The summed E-state index contributed by atoms with van der Waals surface area (Å²) in [5, 5.41) is 2.31. The van der Waals surface area contributed by atoms with Gasteiger partial charge >= 0.3 is 6.01 Å². The molecule has 2 aromatic rings. The number of amides is 4. The largest absolute Gasteiger partial charge is 0.491 e. The van der Waals surface area contributed by atoms with Gasteiger partial charge in [0.15, 0.2) is 0 Å². The van der Waals surface area contributed by atoms with E-state index in [0.717, 1.165) is 24.8 Å². The first-order valence-corrected chi connectivity index (χ1v) is 12.6. The highest BCUT2D eigenvalue weighted by Gasteiger charge is 2.39. The summed E-state index contributed by atoms with van der Waals surface area (Å²) in [5.74, 6) is -0.439. The number of rotatable bonds is 7. The molecule has 0 saturated carbocycles. The maximum atomic E-state index is 13.4. The van der Waals surface area contributed by atoms with E-state index in [1.165, 1.54) is 25.2 Å². The van der Waals surface area contributed by atoms with Crippen molar-refractivity contribution in [2.45, 2.75) is 50.7 Å². The standard InChI is InChI=1S/C26H29N5O7/c1-36-22-12-19(27-26(29-22)37-2)25(35)30-10-4-3-5-16(30)14-38-17-6-7-18-15(11-17)13-31(24(18)34)20-8-9-21(32)28-23(20)33/h6-7,11-12,16,20H,3-5,8-10,13-14H2,1-2H3,(H,28,32,33)/t16-,20?/m0/s1. The summed E-state index contributed by atoms with van der Waals surface area (Å²) in [5.41, 5.74) is 1.46. The smallest absolute Gasteiger partial charge is 0.320 e. The van der Waals surface area contributed by atoms with Gasteiger partial charge < -0.3 is 24.0 Å². The molecule has 1 unspecified atom stereocenters. The molecule has 4 amide bonds. The van der Waals surface area contributed by atoms with E-state index in [0.29, 0.717) is 24.3 Å². The molecule has 2 fully saturated rings. The minimum Gasteiger partial charge on any atom is -0.491 e. The van der Waals surface area contributed by atoms with E-state index < -0.39 is 11.9 Å². The minimum atomic E-state index is -0.669. The van der Waals surface area contributed by atoms with Gasteiger partial charge in [0.05, 0.1) is 20.3 Å². The Balaban J connectivity index is 1.26. The number of piperidine rings is 2. The number of aromatic nitrogens is 2. The third kappa shape index (κ3) is 4.98. The van der Waals surface area contributed by atoms with Crippen LogP contribution in [-0.4, -0.2) is 82.9 Å². The predicted octanol–water partition coefficient (Wildman–Crippen LogP) is 1.33. The summed E-state index contributed by atoms with van der Waals surface area (Å²) in [6.07, 6.45) is 3.13. The van der Waals surface area contributed by atoms with E-state index in [4.69, 9.17) is 14.2 Å². The first-order chi connectivity index (χ1) is 18.4. The van der Waals surface area contributed by atoms with Gasteiger partial charge in [-0.1, -0.05) is 0 Å². The molecule has 38 heavy (non-hydrogen) atoms. The van der Waals surface area contributed by atoms with Crippen LogP contribution in [0.5, 0.6) is 17.6 Å². The summed E-state index contributed by atoms with van der Waals surface area (Å²) in [4.78, 5) is 61.6. The van der Waals surface area contributed by atoms with Crippen molar-refractivity contribution in [2.24, 2.45) is 0 Å². The van der Waals surface area contributed by atoms with E-state index in [2.05, 4.69) is 15.3 Å². The Kier molecular flexibility index (Phi) is 7.12. The fourth-order valence-corrected chi connectivity index (χ4v) is 5.13. The molecule has 3 aliphatic rings.